The Morgan fingerprint density at radius 3 is 2.90 bits per heavy atom. The van der Waals surface area contributed by atoms with Crippen LogP contribution in [0.1, 0.15) is 22.3 Å². The van der Waals surface area contributed by atoms with Crippen LogP contribution in [0.2, 0.25) is 5.02 Å². The second-order valence-electron chi connectivity index (χ2n) is 6.55. The number of rotatable bonds is 5. The number of nitrogens with one attached hydrogen (secondary N) is 1. The smallest absolute Gasteiger partial charge is 0.251 e. The fourth-order valence-corrected chi connectivity index (χ4v) is 3.20. The molecule has 1 amide bonds. The molecule has 0 unspecified atom stereocenters. The minimum Gasteiger partial charge on any atom is -0.489 e. The van der Waals surface area contributed by atoms with E-state index < -0.39 is 5.82 Å². The molecular weight excluding hydrogens is 411 g/mol. The van der Waals surface area contributed by atoms with Crippen molar-refractivity contribution in [2.45, 2.75) is 13.0 Å². The van der Waals surface area contributed by atoms with Crippen LogP contribution in [0.4, 0.5) is 4.39 Å². The largest absolute Gasteiger partial charge is 0.489 e. The lowest BCUT2D eigenvalue weighted by Crippen LogP contribution is -2.23. The van der Waals surface area contributed by atoms with Crippen LogP contribution < -0.4 is 19.5 Å². The molecule has 0 fully saturated rings. The third-order valence-corrected chi connectivity index (χ3v) is 4.65. The Labute approximate surface area is 177 Å². The highest BCUT2D eigenvalue weighted by atomic mass is 35.5. The highest BCUT2D eigenvalue weighted by Gasteiger charge is 2.19. The molecule has 0 aliphatic carbocycles. The van der Waals surface area contributed by atoms with Gasteiger partial charge in [-0.1, -0.05) is 23.7 Å². The zero-order valence-electron chi connectivity index (χ0n) is 15.9. The monoisotopic (exact) mass is 428 g/mol. The van der Waals surface area contributed by atoms with Crippen LogP contribution in [0.15, 0.2) is 54.7 Å². The molecule has 0 atom stereocenters. The SMILES string of the molecule is O=C(NCc1cccnc1Oc1cccc(F)c1)c1cc(Cl)c2c(c1)OCCCO2. The number of carbonyl (C=O) groups excluding carboxylic acids is 1. The van der Waals surface area contributed by atoms with Gasteiger partial charge in [0.2, 0.25) is 5.88 Å². The van der Waals surface area contributed by atoms with E-state index in [1.165, 1.54) is 18.2 Å². The van der Waals surface area contributed by atoms with Gasteiger partial charge in [0.25, 0.3) is 5.91 Å². The van der Waals surface area contributed by atoms with Crippen molar-refractivity contribution >= 4 is 17.5 Å². The van der Waals surface area contributed by atoms with E-state index in [2.05, 4.69) is 10.3 Å². The van der Waals surface area contributed by atoms with Gasteiger partial charge in [-0.2, -0.15) is 0 Å². The molecule has 6 nitrogen and oxygen atoms in total. The molecule has 30 heavy (non-hydrogen) atoms. The Bertz CT molecular complexity index is 1080. The van der Waals surface area contributed by atoms with E-state index in [1.54, 1.807) is 36.5 Å². The molecule has 1 aliphatic rings. The maximum absolute atomic E-state index is 13.4. The van der Waals surface area contributed by atoms with Crippen molar-refractivity contribution in [3.8, 4) is 23.1 Å². The molecule has 2 heterocycles. The fraction of sp³-hybridized carbons (Fsp3) is 0.182. The molecule has 1 aromatic heterocycles. The van der Waals surface area contributed by atoms with Gasteiger partial charge >= 0.3 is 0 Å². The number of pyridine rings is 1. The first kappa shape index (κ1) is 20.0. The maximum atomic E-state index is 13.4. The quantitative estimate of drug-likeness (QED) is 0.634. The van der Waals surface area contributed by atoms with Crippen LogP contribution >= 0.6 is 11.6 Å². The predicted molar refractivity (Wildman–Crippen MR) is 109 cm³/mol. The highest BCUT2D eigenvalue weighted by molar-refractivity contribution is 6.32. The van der Waals surface area contributed by atoms with Crippen molar-refractivity contribution in [3.63, 3.8) is 0 Å². The van der Waals surface area contributed by atoms with Crippen molar-refractivity contribution in [2.75, 3.05) is 13.2 Å². The molecule has 8 heteroatoms. The molecular formula is C22H18ClFN2O4. The van der Waals surface area contributed by atoms with Crippen molar-refractivity contribution in [1.82, 2.24) is 10.3 Å². The topological polar surface area (TPSA) is 69.7 Å². The lowest BCUT2D eigenvalue weighted by molar-refractivity contribution is 0.0950. The van der Waals surface area contributed by atoms with Gasteiger partial charge in [-0.05, 0) is 30.3 Å². The van der Waals surface area contributed by atoms with Crippen LogP contribution in [0.25, 0.3) is 0 Å². The van der Waals surface area contributed by atoms with E-state index in [-0.39, 0.29) is 18.3 Å². The molecule has 0 spiro atoms. The zero-order valence-corrected chi connectivity index (χ0v) is 16.6. The first-order valence-corrected chi connectivity index (χ1v) is 9.72. The van der Waals surface area contributed by atoms with Crippen LogP contribution in [0, 0.1) is 5.82 Å². The summed E-state index contributed by atoms with van der Waals surface area (Å²) < 4.78 is 30.3. The van der Waals surface area contributed by atoms with Gasteiger partial charge in [-0.15, -0.1) is 0 Å². The average Bonchev–Trinajstić information content (AvgIpc) is 2.99. The van der Waals surface area contributed by atoms with Crippen LogP contribution in [0.3, 0.4) is 0 Å². The molecule has 0 bridgehead atoms. The van der Waals surface area contributed by atoms with Crippen LogP contribution in [-0.4, -0.2) is 24.1 Å². The average molecular weight is 429 g/mol. The minimum atomic E-state index is -0.412. The second-order valence-corrected chi connectivity index (χ2v) is 6.95. The summed E-state index contributed by atoms with van der Waals surface area (Å²) in [6, 6.07) is 12.4. The van der Waals surface area contributed by atoms with Crippen LogP contribution in [0.5, 0.6) is 23.1 Å². The molecule has 2 aromatic carbocycles. The molecule has 1 N–H and O–H groups in total. The molecule has 154 valence electrons. The van der Waals surface area contributed by atoms with E-state index in [0.29, 0.717) is 46.6 Å². The summed E-state index contributed by atoms with van der Waals surface area (Å²) >= 11 is 6.26. The maximum Gasteiger partial charge on any atom is 0.251 e. The summed E-state index contributed by atoms with van der Waals surface area (Å²) in [5.41, 5.74) is 0.983. The standard InChI is InChI=1S/C22H18ClFN2O4/c23-18-10-15(11-19-20(18)29-9-3-8-28-19)21(27)26-13-14-4-2-7-25-22(14)30-17-6-1-5-16(24)12-17/h1-2,4-7,10-12H,3,8-9,13H2,(H,26,27). The summed E-state index contributed by atoms with van der Waals surface area (Å²) in [6.07, 6.45) is 2.30. The van der Waals surface area contributed by atoms with E-state index in [1.807, 2.05) is 0 Å². The van der Waals surface area contributed by atoms with Gasteiger partial charge in [0.05, 0.1) is 18.2 Å². The number of hydrogen-bond donors (Lipinski definition) is 1. The molecule has 4 rings (SSSR count). The van der Waals surface area contributed by atoms with Gasteiger partial charge in [0.15, 0.2) is 11.5 Å². The van der Waals surface area contributed by atoms with E-state index in [0.717, 1.165) is 6.42 Å². The number of aromatic nitrogens is 1. The minimum absolute atomic E-state index is 0.156. The van der Waals surface area contributed by atoms with Gasteiger partial charge < -0.3 is 19.5 Å². The summed E-state index contributed by atoms with van der Waals surface area (Å²) in [5.74, 6) is 0.735. The number of ether oxygens (including phenoxy) is 3. The number of fused-ring (bicyclic) bond motifs is 1. The van der Waals surface area contributed by atoms with Gasteiger partial charge in [0.1, 0.15) is 11.6 Å². The first-order chi connectivity index (χ1) is 14.6. The number of amides is 1. The summed E-state index contributed by atoms with van der Waals surface area (Å²) in [5, 5.41) is 3.13. The van der Waals surface area contributed by atoms with Gasteiger partial charge in [0, 0.05) is 36.4 Å². The van der Waals surface area contributed by atoms with Crippen molar-refractivity contribution < 1.29 is 23.4 Å². The third-order valence-electron chi connectivity index (χ3n) is 4.36. The Morgan fingerprint density at radius 1 is 1.17 bits per heavy atom. The highest BCUT2D eigenvalue weighted by Crippen LogP contribution is 2.38. The Balaban J connectivity index is 1.48. The lowest BCUT2D eigenvalue weighted by atomic mass is 10.1. The number of nitrogens with zero attached hydrogens (tertiary/aromatic N) is 1. The van der Waals surface area contributed by atoms with E-state index in [9.17, 15) is 9.18 Å². The Morgan fingerprint density at radius 2 is 2.03 bits per heavy atom. The molecule has 0 saturated carbocycles. The second kappa shape index (κ2) is 9.00. The first-order valence-electron chi connectivity index (χ1n) is 9.35. The number of hydrogen-bond acceptors (Lipinski definition) is 5. The number of benzene rings is 2. The summed E-state index contributed by atoms with van der Waals surface area (Å²) in [4.78, 5) is 16.9. The van der Waals surface area contributed by atoms with Gasteiger partial charge in [-0.25, -0.2) is 9.37 Å². The summed E-state index contributed by atoms with van der Waals surface area (Å²) in [6.45, 7) is 1.15. The van der Waals surface area contributed by atoms with Crippen molar-refractivity contribution in [1.29, 1.82) is 0 Å². The van der Waals surface area contributed by atoms with Crippen molar-refractivity contribution in [3.05, 3.63) is 76.7 Å². The van der Waals surface area contributed by atoms with Gasteiger partial charge in [-0.3, -0.25) is 4.79 Å². The lowest BCUT2D eigenvalue weighted by Gasteiger charge is -2.13. The normalized spacial score (nSPS) is 12.7. The Kier molecular flexibility index (Phi) is 5.99. The number of carbonyl (C=O) groups is 1. The third kappa shape index (κ3) is 4.63. The molecule has 0 radical (unpaired) electrons. The predicted octanol–water partition coefficient (Wildman–Crippen LogP) is 4.76. The summed E-state index contributed by atoms with van der Waals surface area (Å²) in [7, 11) is 0. The Hall–Kier alpha value is -3.32. The fourth-order valence-electron chi connectivity index (χ4n) is 2.93. The molecule has 1 aliphatic heterocycles. The zero-order chi connectivity index (χ0) is 20.9. The van der Waals surface area contributed by atoms with E-state index in [4.69, 9.17) is 25.8 Å². The van der Waals surface area contributed by atoms with Crippen molar-refractivity contribution in [2.24, 2.45) is 0 Å². The molecule has 3 aromatic rings. The van der Waals surface area contributed by atoms with E-state index >= 15 is 0 Å². The molecule has 0 saturated heterocycles. The van der Waals surface area contributed by atoms with Crippen LogP contribution in [-0.2, 0) is 6.54 Å². The number of halogens is 2.